The molecule has 0 bridgehead atoms. The van der Waals surface area contributed by atoms with E-state index in [1.54, 1.807) is 0 Å². The van der Waals surface area contributed by atoms with Crippen molar-refractivity contribution in [1.29, 1.82) is 5.41 Å². The third-order valence-corrected chi connectivity index (χ3v) is 4.03. The van der Waals surface area contributed by atoms with E-state index in [4.69, 9.17) is 22.7 Å². The number of Topliss-reactive ketones (excluding diaryl/α,β-unsaturated/α-hetero) is 1. The van der Waals surface area contributed by atoms with Crippen LogP contribution in [0.15, 0.2) is 12.1 Å². The Labute approximate surface area is 130 Å². The topological polar surface area (TPSA) is 66.9 Å². The fraction of sp³-hybridized carbons (Fsp3) is 0.500. The van der Waals surface area contributed by atoms with Crippen LogP contribution in [0.5, 0.6) is 0 Å². The molecule has 1 aromatic rings. The number of hydrogen-bond acceptors (Lipinski definition) is 3. The second-order valence-electron chi connectivity index (χ2n) is 6.08. The zero-order valence-corrected chi connectivity index (χ0v) is 13.4. The van der Waals surface area contributed by atoms with E-state index in [1.165, 1.54) is 12.3 Å². The van der Waals surface area contributed by atoms with Crippen molar-refractivity contribution in [2.45, 2.75) is 40.0 Å². The molecule has 3 nitrogen and oxygen atoms in total. The maximum atomic E-state index is 13.7. The normalized spacial score (nSPS) is 14.0. The van der Waals surface area contributed by atoms with Gasteiger partial charge in [-0.15, -0.1) is 0 Å². The summed E-state index contributed by atoms with van der Waals surface area (Å²) in [5.74, 6) is -0.436. The van der Waals surface area contributed by atoms with Gasteiger partial charge in [0.15, 0.2) is 5.78 Å². The SMILES string of the molecule is CC(C)CC[C@@](C)(CC=N)C(=O)c1cc(F)c(N)c(Cl)c1. The van der Waals surface area contributed by atoms with E-state index in [0.29, 0.717) is 18.8 Å². The molecule has 21 heavy (non-hydrogen) atoms. The molecule has 0 aromatic heterocycles. The molecular formula is C16H22ClFN2O. The third kappa shape index (κ3) is 4.27. The minimum atomic E-state index is -0.724. The number of benzene rings is 1. The van der Waals surface area contributed by atoms with E-state index in [2.05, 4.69) is 13.8 Å². The summed E-state index contributed by atoms with van der Waals surface area (Å²) in [6, 6.07) is 2.53. The summed E-state index contributed by atoms with van der Waals surface area (Å²) in [6.45, 7) is 5.97. The number of carbonyl (C=O) groups is 1. The molecule has 3 N–H and O–H groups in total. The van der Waals surface area contributed by atoms with Gasteiger partial charge in [-0.2, -0.15) is 0 Å². The number of halogens is 2. The highest BCUT2D eigenvalue weighted by Gasteiger charge is 2.33. The van der Waals surface area contributed by atoms with Gasteiger partial charge in [-0.1, -0.05) is 38.8 Å². The summed E-state index contributed by atoms with van der Waals surface area (Å²) in [6.07, 6.45) is 3.05. The average Bonchev–Trinajstić information content (AvgIpc) is 2.41. The van der Waals surface area contributed by atoms with Crippen molar-refractivity contribution in [3.8, 4) is 0 Å². The van der Waals surface area contributed by atoms with Crippen LogP contribution >= 0.6 is 11.6 Å². The van der Waals surface area contributed by atoms with Crippen LogP contribution in [0, 0.1) is 22.6 Å². The molecule has 0 spiro atoms. The Morgan fingerprint density at radius 2 is 2.14 bits per heavy atom. The first-order chi connectivity index (χ1) is 9.71. The minimum absolute atomic E-state index is 0.0411. The molecule has 116 valence electrons. The second-order valence-corrected chi connectivity index (χ2v) is 6.49. The van der Waals surface area contributed by atoms with Crippen molar-refractivity contribution in [2.24, 2.45) is 11.3 Å². The molecule has 1 aromatic carbocycles. The lowest BCUT2D eigenvalue weighted by atomic mass is 9.75. The van der Waals surface area contributed by atoms with E-state index >= 15 is 0 Å². The first-order valence-corrected chi connectivity index (χ1v) is 7.37. The molecule has 0 saturated heterocycles. The molecule has 0 unspecified atom stereocenters. The van der Waals surface area contributed by atoms with E-state index in [-0.39, 0.29) is 22.1 Å². The number of ketones is 1. The van der Waals surface area contributed by atoms with Crippen molar-refractivity contribution in [3.05, 3.63) is 28.5 Å². The molecule has 0 aliphatic carbocycles. The van der Waals surface area contributed by atoms with E-state index in [9.17, 15) is 9.18 Å². The lowest BCUT2D eigenvalue weighted by Crippen LogP contribution is -2.29. The highest BCUT2D eigenvalue weighted by molar-refractivity contribution is 6.33. The zero-order chi connectivity index (χ0) is 16.2. The third-order valence-electron chi connectivity index (χ3n) is 3.72. The molecule has 0 heterocycles. The summed E-state index contributed by atoms with van der Waals surface area (Å²) >= 11 is 5.86. The summed E-state index contributed by atoms with van der Waals surface area (Å²) in [4.78, 5) is 12.7. The number of nitrogens with one attached hydrogen (secondary N) is 1. The summed E-state index contributed by atoms with van der Waals surface area (Å²) < 4.78 is 13.7. The number of nitrogens with two attached hydrogens (primary N) is 1. The van der Waals surface area contributed by atoms with Crippen molar-refractivity contribution in [2.75, 3.05) is 5.73 Å². The van der Waals surface area contributed by atoms with Crippen molar-refractivity contribution < 1.29 is 9.18 Å². The highest BCUT2D eigenvalue weighted by Crippen LogP contribution is 2.34. The monoisotopic (exact) mass is 312 g/mol. The Morgan fingerprint density at radius 1 is 1.52 bits per heavy atom. The molecule has 0 aliphatic heterocycles. The zero-order valence-electron chi connectivity index (χ0n) is 12.7. The van der Waals surface area contributed by atoms with Gasteiger partial charge in [-0.25, -0.2) is 4.39 Å². The smallest absolute Gasteiger partial charge is 0.169 e. The molecule has 0 saturated carbocycles. The Hall–Kier alpha value is -1.42. The molecule has 1 atom stereocenters. The highest BCUT2D eigenvalue weighted by atomic mass is 35.5. The Kier molecular flexibility index (Phi) is 5.90. The quantitative estimate of drug-likeness (QED) is 0.434. The van der Waals surface area contributed by atoms with E-state index in [0.717, 1.165) is 12.5 Å². The maximum absolute atomic E-state index is 13.7. The fourth-order valence-corrected chi connectivity index (χ4v) is 2.41. The van der Waals surface area contributed by atoms with Crippen molar-refractivity contribution in [1.82, 2.24) is 0 Å². The second kappa shape index (κ2) is 7.03. The summed E-state index contributed by atoms with van der Waals surface area (Å²) in [5, 5.41) is 7.36. The van der Waals surface area contributed by atoms with Gasteiger partial charge < -0.3 is 11.1 Å². The maximum Gasteiger partial charge on any atom is 0.169 e. The van der Waals surface area contributed by atoms with Gasteiger partial charge in [0.2, 0.25) is 0 Å². The predicted molar refractivity (Wildman–Crippen MR) is 85.7 cm³/mol. The average molecular weight is 313 g/mol. The first-order valence-electron chi connectivity index (χ1n) is 6.99. The van der Waals surface area contributed by atoms with Crippen molar-refractivity contribution >= 4 is 29.3 Å². The number of anilines is 1. The molecule has 0 amide bonds. The molecule has 0 aliphatic rings. The molecule has 0 radical (unpaired) electrons. The van der Waals surface area contributed by atoms with Crippen LogP contribution in [0.25, 0.3) is 0 Å². The van der Waals surface area contributed by atoms with Gasteiger partial charge in [0.25, 0.3) is 0 Å². The summed E-state index contributed by atoms with van der Waals surface area (Å²) in [5.41, 5.74) is 4.80. The first kappa shape index (κ1) is 17.6. The number of carbonyl (C=O) groups excluding carboxylic acids is 1. The van der Waals surface area contributed by atoms with Crippen LogP contribution in [-0.4, -0.2) is 12.0 Å². The lowest BCUT2D eigenvalue weighted by Gasteiger charge is -2.27. The van der Waals surface area contributed by atoms with Crippen LogP contribution in [0.4, 0.5) is 10.1 Å². The molecule has 5 heteroatoms. The summed E-state index contributed by atoms with van der Waals surface area (Å²) in [7, 11) is 0. The largest absolute Gasteiger partial charge is 0.395 e. The van der Waals surface area contributed by atoms with Gasteiger partial charge in [-0.05, 0) is 37.1 Å². The Morgan fingerprint density at radius 3 is 2.62 bits per heavy atom. The Bertz CT molecular complexity index is 522. The van der Waals surface area contributed by atoms with Gasteiger partial charge in [0.1, 0.15) is 5.82 Å². The molecule has 0 fully saturated rings. The predicted octanol–water partition coefficient (Wildman–Crippen LogP) is 4.73. The van der Waals surface area contributed by atoms with Crippen LogP contribution in [0.3, 0.4) is 0 Å². The lowest BCUT2D eigenvalue weighted by molar-refractivity contribution is 0.0803. The minimum Gasteiger partial charge on any atom is -0.395 e. The van der Waals surface area contributed by atoms with Crippen LogP contribution in [-0.2, 0) is 0 Å². The molecule has 1 rings (SSSR count). The molecular weight excluding hydrogens is 291 g/mol. The number of nitrogen functional groups attached to an aromatic ring is 1. The van der Waals surface area contributed by atoms with Crippen molar-refractivity contribution in [3.63, 3.8) is 0 Å². The standard InChI is InChI=1S/C16H22ClFN2O/c1-10(2)4-5-16(3,6-7-19)15(21)11-8-12(17)14(20)13(18)9-11/h7-10,19H,4-6,20H2,1-3H3/t16-/m0/s1. The van der Waals surface area contributed by atoms with E-state index in [1.807, 2.05) is 6.92 Å². The van der Waals surface area contributed by atoms with Crippen LogP contribution < -0.4 is 5.73 Å². The fourth-order valence-electron chi connectivity index (χ4n) is 2.20. The van der Waals surface area contributed by atoms with Gasteiger partial charge in [-0.3, -0.25) is 4.79 Å². The van der Waals surface area contributed by atoms with Crippen LogP contribution in [0.2, 0.25) is 5.02 Å². The van der Waals surface area contributed by atoms with Gasteiger partial charge in [0.05, 0.1) is 10.7 Å². The van der Waals surface area contributed by atoms with Gasteiger partial charge in [0, 0.05) is 11.0 Å². The van der Waals surface area contributed by atoms with E-state index < -0.39 is 11.2 Å². The number of hydrogen-bond donors (Lipinski definition) is 2. The van der Waals surface area contributed by atoms with Crippen LogP contribution in [0.1, 0.15) is 50.4 Å². The Balaban J connectivity index is 3.13. The van der Waals surface area contributed by atoms with Gasteiger partial charge >= 0.3 is 0 Å². The number of rotatable bonds is 7.